The molecular formula is C20H24FIN2O3S. The maximum Gasteiger partial charge on any atom is 0.408 e. The van der Waals surface area contributed by atoms with Crippen molar-refractivity contribution in [1.29, 1.82) is 0 Å². The molecule has 2 rings (SSSR count). The van der Waals surface area contributed by atoms with Gasteiger partial charge in [0.2, 0.25) is 5.91 Å². The van der Waals surface area contributed by atoms with Gasteiger partial charge in [-0.05, 0) is 75.7 Å². The molecule has 5 nitrogen and oxygen atoms in total. The maximum atomic E-state index is 13.0. The lowest BCUT2D eigenvalue weighted by Gasteiger charge is -2.26. The van der Waals surface area contributed by atoms with Crippen LogP contribution in [0.1, 0.15) is 12.0 Å². The summed E-state index contributed by atoms with van der Waals surface area (Å²) in [7, 11) is -0.874. The van der Waals surface area contributed by atoms with Crippen molar-refractivity contribution < 1.29 is 18.7 Å². The van der Waals surface area contributed by atoms with Crippen LogP contribution in [0.25, 0.3) is 0 Å². The summed E-state index contributed by atoms with van der Waals surface area (Å²) in [6.07, 6.45) is 4.11. The number of halogens is 2. The van der Waals surface area contributed by atoms with E-state index in [0.29, 0.717) is 12.1 Å². The minimum atomic E-state index is -0.874. The van der Waals surface area contributed by atoms with Crippen LogP contribution in [0.3, 0.4) is 0 Å². The number of benzene rings is 2. The predicted molar refractivity (Wildman–Crippen MR) is 122 cm³/mol. The minimum Gasteiger partial charge on any atom is -0.445 e. The van der Waals surface area contributed by atoms with Crippen molar-refractivity contribution >= 4 is 46.1 Å². The highest BCUT2D eigenvalue weighted by atomic mass is 127. The highest BCUT2D eigenvalue weighted by molar-refractivity contribution is 14.2. The van der Waals surface area contributed by atoms with Crippen molar-refractivity contribution in [1.82, 2.24) is 5.32 Å². The molecule has 2 amide bonds. The van der Waals surface area contributed by atoms with Gasteiger partial charge >= 0.3 is 6.09 Å². The second-order valence-corrected chi connectivity index (χ2v) is 17.0. The zero-order valence-corrected chi connectivity index (χ0v) is 18.8. The molecule has 1 atom stereocenters. The Morgan fingerprint density at radius 1 is 1.11 bits per heavy atom. The van der Waals surface area contributed by atoms with Gasteiger partial charge in [-0.25, -0.2) is 9.18 Å². The van der Waals surface area contributed by atoms with Crippen LogP contribution in [0.4, 0.5) is 14.9 Å². The summed E-state index contributed by atoms with van der Waals surface area (Å²) < 4.78 is 18.3. The van der Waals surface area contributed by atoms with Crippen LogP contribution < -0.4 is 10.6 Å². The number of carbonyl (C=O) groups is 2. The van der Waals surface area contributed by atoms with Crippen LogP contribution in [-0.2, 0) is 16.1 Å². The zero-order valence-electron chi connectivity index (χ0n) is 15.8. The third kappa shape index (κ3) is 8.47. The number of anilines is 1. The molecule has 0 aliphatic carbocycles. The molecular weight excluding hydrogens is 494 g/mol. The number of amides is 2. The Kier molecular flexibility index (Phi) is 8.56. The number of nitrogens with one attached hydrogen (secondary N) is 2. The smallest absolute Gasteiger partial charge is 0.408 e. The van der Waals surface area contributed by atoms with E-state index < -0.39 is 19.3 Å². The predicted octanol–water partition coefficient (Wildman–Crippen LogP) is 4.86. The topological polar surface area (TPSA) is 67.4 Å². The van der Waals surface area contributed by atoms with Crippen molar-refractivity contribution in [2.45, 2.75) is 19.1 Å². The summed E-state index contributed by atoms with van der Waals surface area (Å²) in [6.45, 7) is 0.127. The van der Waals surface area contributed by atoms with Gasteiger partial charge in [-0.2, -0.15) is 7.20 Å². The number of carbonyl (C=O) groups excluding carboxylic acids is 2. The van der Waals surface area contributed by atoms with Gasteiger partial charge in [0.1, 0.15) is 18.5 Å². The number of hydrogen-bond acceptors (Lipinski definition) is 3. The summed E-state index contributed by atoms with van der Waals surface area (Å²) in [4.78, 5) is 24.9. The summed E-state index contributed by atoms with van der Waals surface area (Å²) in [5, 5.41) is 5.37. The van der Waals surface area contributed by atoms with Crippen LogP contribution in [0.5, 0.6) is 0 Å². The first-order chi connectivity index (χ1) is 13.2. The van der Waals surface area contributed by atoms with Crippen molar-refractivity contribution in [2.75, 3.05) is 23.6 Å². The molecule has 8 heteroatoms. The third-order valence-electron chi connectivity index (χ3n) is 3.83. The Labute approximate surface area is 178 Å². The average molecular weight is 518 g/mol. The fraction of sp³-hybridized carbons (Fsp3) is 0.300. The summed E-state index contributed by atoms with van der Waals surface area (Å²) in [5.41, 5.74) is 1.33. The largest absolute Gasteiger partial charge is 0.445 e. The standard InChI is InChI=1S/C20H24FIN2O3S/c1-28(2,22)13-12-18(19(25)23-17-10-8-16(21)9-11-17)24-20(26)27-14-15-6-4-3-5-7-15/h3-11,18H,12-14H2,1-2H3,(H,23,25)(H,24,26)/t18-/m0/s1. The van der Waals surface area contributed by atoms with E-state index in [1.807, 2.05) is 30.3 Å². The molecule has 152 valence electrons. The fourth-order valence-corrected chi connectivity index (χ4v) is 3.90. The Bertz CT molecular complexity index is 782. The van der Waals surface area contributed by atoms with Crippen LogP contribution in [0.15, 0.2) is 54.6 Å². The van der Waals surface area contributed by atoms with Gasteiger partial charge in [-0.1, -0.05) is 30.3 Å². The second kappa shape index (κ2) is 10.7. The van der Waals surface area contributed by atoms with E-state index in [2.05, 4.69) is 44.4 Å². The quantitative estimate of drug-likeness (QED) is 0.491. The van der Waals surface area contributed by atoms with E-state index in [-0.39, 0.29) is 18.3 Å². The Hall–Kier alpha value is -1.81. The number of hydrogen-bond donors (Lipinski definition) is 2. The first-order valence-electron chi connectivity index (χ1n) is 8.67. The molecule has 2 N–H and O–H groups in total. The SMILES string of the molecule is CS(C)(I)CC[C@H](NC(=O)OCc1ccccc1)C(=O)Nc1ccc(F)cc1. The van der Waals surface area contributed by atoms with E-state index in [1.54, 1.807) is 0 Å². The van der Waals surface area contributed by atoms with E-state index in [1.165, 1.54) is 24.3 Å². The van der Waals surface area contributed by atoms with Gasteiger partial charge in [0.05, 0.1) is 0 Å². The second-order valence-electron chi connectivity index (χ2n) is 6.65. The third-order valence-corrected chi connectivity index (χ3v) is 6.35. The lowest BCUT2D eigenvalue weighted by Crippen LogP contribution is -2.44. The molecule has 0 unspecified atom stereocenters. The number of alkyl carbamates (subject to hydrolysis) is 1. The van der Waals surface area contributed by atoms with Gasteiger partial charge in [0.25, 0.3) is 0 Å². The highest BCUT2D eigenvalue weighted by Gasteiger charge is 2.23. The number of rotatable bonds is 8. The van der Waals surface area contributed by atoms with E-state index in [0.717, 1.165) is 11.3 Å². The van der Waals surface area contributed by atoms with Gasteiger partial charge in [-0.15, -0.1) is 0 Å². The minimum absolute atomic E-state index is 0.127. The molecule has 0 aromatic heterocycles. The average Bonchev–Trinajstić information content (AvgIpc) is 2.65. The molecule has 0 aliphatic heterocycles. The lowest BCUT2D eigenvalue weighted by atomic mass is 10.2. The van der Waals surface area contributed by atoms with Gasteiger partial charge in [0.15, 0.2) is 0 Å². The van der Waals surface area contributed by atoms with Gasteiger partial charge in [0, 0.05) is 5.69 Å². The van der Waals surface area contributed by atoms with E-state index in [9.17, 15) is 14.0 Å². The molecule has 0 heterocycles. The van der Waals surface area contributed by atoms with Crippen LogP contribution in [0.2, 0.25) is 0 Å². The maximum absolute atomic E-state index is 13.0. The van der Waals surface area contributed by atoms with E-state index >= 15 is 0 Å². The fourth-order valence-electron chi connectivity index (χ4n) is 2.34. The van der Waals surface area contributed by atoms with E-state index in [4.69, 9.17) is 4.74 Å². The molecule has 0 bridgehead atoms. The molecule has 0 fully saturated rings. The normalized spacial score (nSPS) is 12.7. The summed E-state index contributed by atoms with van der Waals surface area (Å²) in [6, 6.07) is 14.1. The zero-order chi connectivity index (χ0) is 20.6. The lowest BCUT2D eigenvalue weighted by molar-refractivity contribution is -0.118. The Morgan fingerprint density at radius 3 is 2.36 bits per heavy atom. The van der Waals surface area contributed by atoms with Crippen LogP contribution >= 0.6 is 28.4 Å². The molecule has 28 heavy (non-hydrogen) atoms. The van der Waals surface area contributed by atoms with Gasteiger partial charge in [-0.3, -0.25) is 4.79 Å². The number of ether oxygens (including phenoxy) is 1. The molecule has 2 aromatic rings. The van der Waals surface area contributed by atoms with Crippen molar-refractivity contribution in [2.24, 2.45) is 0 Å². The first-order valence-corrected chi connectivity index (χ1v) is 13.8. The Morgan fingerprint density at radius 2 is 1.75 bits per heavy atom. The molecule has 0 radical (unpaired) electrons. The highest BCUT2D eigenvalue weighted by Crippen LogP contribution is 2.49. The molecule has 0 saturated carbocycles. The Balaban J connectivity index is 1.97. The summed E-state index contributed by atoms with van der Waals surface area (Å²) in [5.74, 6) is 0.0596. The van der Waals surface area contributed by atoms with Crippen molar-refractivity contribution in [3.63, 3.8) is 0 Å². The molecule has 2 aromatic carbocycles. The first kappa shape index (κ1) is 22.5. The van der Waals surface area contributed by atoms with Crippen molar-refractivity contribution in [3.05, 3.63) is 66.0 Å². The molecule has 0 aliphatic rings. The molecule has 0 spiro atoms. The van der Waals surface area contributed by atoms with Gasteiger partial charge < -0.3 is 15.4 Å². The van der Waals surface area contributed by atoms with Crippen LogP contribution in [-0.4, -0.2) is 36.3 Å². The van der Waals surface area contributed by atoms with Crippen molar-refractivity contribution in [3.8, 4) is 0 Å². The molecule has 0 saturated heterocycles. The van der Waals surface area contributed by atoms with Crippen LogP contribution in [0, 0.1) is 5.82 Å². The summed E-state index contributed by atoms with van der Waals surface area (Å²) >= 11 is 2.38. The monoisotopic (exact) mass is 518 g/mol.